The highest BCUT2D eigenvalue weighted by Crippen LogP contribution is 2.49. The lowest BCUT2D eigenvalue weighted by molar-refractivity contribution is -0.0347. The van der Waals surface area contributed by atoms with Gasteiger partial charge in [-0.25, -0.2) is 4.98 Å². The summed E-state index contributed by atoms with van der Waals surface area (Å²) in [4.78, 5) is 10.5. The summed E-state index contributed by atoms with van der Waals surface area (Å²) in [6, 6.07) is 7.96. The Morgan fingerprint density at radius 3 is 2.67 bits per heavy atom. The molecule has 1 saturated carbocycles. The van der Waals surface area contributed by atoms with Crippen molar-refractivity contribution in [1.29, 1.82) is 0 Å². The largest absolute Gasteiger partial charge is 0.490 e. The lowest BCUT2D eigenvalue weighted by atomic mass is 9.62. The van der Waals surface area contributed by atoms with Crippen molar-refractivity contribution in [2.24, 2.45) is 10.4 Å². The molecule has 1 atom stereocenters. The first-order valence-corrected chi connectivity index (χ1v) is 14.4. The van der Waals surface area contributed by atoms with E-state index in [9.17, 15) is 5.11 Å². The van der Waals surface area contributed by atoms with Crippen LogP contribution in [-0.2, 0) is 13.0 Å². The Labute approximate surface area is 231 Å². The van der Waals surface area contributed by atoms with Crippen molar-refractivity contribution in [2.45, 2.75) is 64.7 Å². The van der Waals surface area contributed by atoms with Gasteiger partial charge >= 0.3 is 0 Å². The molecule has 2 aliphatic heterocycles. The average molecular weight is 545 g/mol. The second-order valence-electron chi connectivity index (χ2n) is 11.0. The number of thiophene rings is 1. The first-order chi connectivity index (χ1) is 19.0. The van der Waals surface area contributed by atoms with Crippen molar-refractivity contribution >= 4 is 17.0 Å². The summed E-state index contributed by atoms with van der Waals surface area (Å²) in [6.07, 6.45) is 8.78. The van der Waals surface area contributed by atoms with Gasteiger partial charge in [0.25, 0.3) is 0 Å². The molecule has 4 aromatic rings. The van der Waals surface area contributed by atoms with Crippen LogP contribution in [0.25, 0.3) is 5.00 Å². The number of piperidine rings is 1. The highest BCUT2D eigenvalue weighted by atomic mass is 32.1. The van der Waals surface area contributed by atoms with Gasteiger partial charge in [0.1, 0.15) is 28.9 Å². The fourth-order valence-electron chi connectivity index (χ4n) is 6.37. The molecule has 2 fully saturated rings. The average Bonchev–Trinajstić information content (AvgIpc) is 3.64. The summed E-state index contributed by atoms with van der Waals surface area (Å²) in [7, 11) is 0. The van der Waals surface area contributed by atoms with Gasteiger partial charge in [-0.1, -0.05) is 0 Å². The maximum absolute atomic E-state index is 10.1. The molecule has 3 aliphatic rings. The van der Waals surface area contributed by atoms with Gasteiger partial charge in [0.05, 0.1) is 31.0 Å². The molecule has 39 heavy (non-hydrogen) atoms. The monoisotopic (exact) mass is 544 g/mol. The molecular formula is C29H32N6O3S. The van der Waals surface area contributed by atoms with Crippen LogP contribution in [0.3, 0.4) is 0 Å². The molecule has 0 unspecified atom stereocenters. The standard InChI is InChI=1S/C29H32N6O3S/c1-17-23(16-36)39-28-25(17)26(32-22(13-24-31-11-12-37-24)27-34-33-18(2)35(27)28)19-3-5-20(6-4-19)38-21-14-29(15-21)7-9-30-10-8-29/h3-6,11-12,21-22,30,36H,7-10,13-16H2,1-2H3/t22-/m0/s1. The van der Waals surface area contributed by atoms with Gasteiger partial charge in [-0.05, 0) is 87.9 Å². The molecule has 5 heterocycles. The number of nitrogens with zero attached hydrogens (tertiary/aromatic N) is 5. The van der Waals surface area contributed by atoms with E-state index in [4.69, 9.17) is 14.1 Å². The molecule has 0 amide bonds. The van der Waals surface area contributed by atoms with E-state index in [2.05, 4.69) is 56.3 Å². The number of aryl methyl sites for hydroxylation is 1. The minimum Gasteiger partial charge on any atom is -0.490 e. The summed E-state index contributed by atoms with van der Waals surface area (Å²) < 4.78 is 14.0. The van der Waals surface area contributed by atoms with Crippen molar-refractivity contribution < 1.29 is 14.3 Å². The molecule has 10 heteroatoms. The van der Waals surface area contributed by atoms with Crippen LogP contribution >= 0.6 is 11.3 Å². The van der Waals surface area contributed by atoms with E-state index in [1.807, 2.05) is 6.92 Å². The number of aliphatic imine (C=N–C) groups is 1. The number of aromatic nitrogens is 4. The summed E-state index contributed by atoms with van der Waals surface area (Å²) in [5.41, 5.74) is 4.37. The molecular weight excluding hydrogens is 512 g/mol. The number of oxazole rings is 1. The Bertz CT molecular complexity index is 1510. The molecule has 7 rings (SSSR count). The lowest BCUT2D eigenvalue weighted by Gasteiger charge is -2.49. The van der Waals surface area contributed by atoms with E-state index >= 15 is 0 Å². The van der Waals surface area contributed by atoms with Gasteiger partial charge in [-0.2, -0.15) is 0 Å². The van der Waals surface area contributed by atoms with Crippen LogP contribution in [0.2, 0.25) is 0 Å². The quantitative estimate of drug-likeness (QED) is 0.368. The normalized spacial score (nSPS) is 20.2. The number of benzene rings is 1. The smallest absolute Gasteiger partial charge is 0.196 e. The topological polar surface area (TPSA) is 111 Å². The van der Waals surface area contributed by atoms with Crippen LogP contribution < -0.4 is 10.1 Å². The Morgan fingerprint density at radius 2 is 1.95 bits per heavy atom. The summed E-state index contributed by atoms with van der Waals surface area (Å²) >= 11 is 1.56. The minimum atomic E-state index is -0.330. The van der Waals surface area contributed by atoms with Gasteiger partial charge in [-0.15, -0.1) is 21.5 Å². The number of hydrogen-bond donors (Lipinski definition) is 2. The molecule has 202 valence electrons. The number of nitrogens with one attached hydrogen (secondary N) is 1. The van der Waals surface area contributed by atoms with Crippen molar-refractivity contribution in [3.63, 3.8) is 0 Å². The number of rotatable bonds is 6. The number of hydrogen-bond acceptors (Lipinski definition) is 9. The van der Waals surface area contributed by atoms with Gasteiger partial charge in [-0.3, -0.25) is 9.56 Å². The fraction of sp³-hybridized carbons (Fsp3) is 0.448. The van der Waals surface area contributed by atoms with E-state index < -0.39 is 0 Å². The predicted octanol–water partition coefficient (Wildman–Crippen LogP) is 4.47. The zero-order valence-electron chi connectivity index (χ0n) is 22.2. The van der Waals surface area contributed by atoms with Crippen LogP contribution in [0.5, 0.6) is 5.75 Å². The molecule has 1 spiro atoms. The Balaban J connectivity index is 1.23. The zero-order chi connectivity index (χ0) is 26.6. The molecule has 9 nitrogen and oxygen atoms in total. The fourth-order valence-corrected chi connectivity index (χ4v) is 7.59. The SMILES string of the molecule is Cc1c(CO)sc2c1C(c1ccc(OC3CC4(CCNCC4)C3)cc1)=N[C@@H](Cc1ncco1)c1nnc(C)n1-2. The van der Waals surface area contributed by atoms with Crippen molar-refractivity contribution in [3.8, 4) is 10.8 Å². The third-order valence-corrected chi connectivity index (χ3v) is 9.77. The second-order valence-corrected chi connectivity index (χ2v) is 12.1. The number of ether oxygens (including phenoxy) is 1. The Morgan fingerprint density at radius 1 is 1.15 bits per heavy atom. The first-order valence-electron chi connectivity index (χ1n) is 13.6. The summed E-state index contributed by atoms with van der Waals surface area (Å²) in [5, 5.41) is 23.5. The van der Waals surface area contributed by atoms with Crippen LogP contribution in [-0.4, -0.2) is 49.8 Å². The first kappa shape index (κ1) is 24.7. The number of aliphatic hydroxyl groups excluding tert-OH is 1. The third-order valence-electron chi connectivity index (χ3n) is 8.51. The van der Waals surface area contributed by atoms with E-state index in [0.717, 1.165) is 75.6 Å². The number of fused-ring (bicyclic) bond motifs is 3. The lowest BCUT2D eigenvalue weighted by Crippen LogP contribution is -2.49. The molecule has 1 saturated heterocycles. The maximum atomic E-state index is 10.1. The van der Waals surface area contributed by atoms with Crippen LogP contribution in [0, 0.1) is 19.3 Å². The highest BCUT2D eigenvalue weighted by molar-refractivity contribution is 7.15. The summed E-state index contributed by atoms with van der Waals surface area (Å²) in [6.45, 7) is 6.21. The van der Waals surface area contributed by atoms with Crippen LogP contribution in [0.4, 0.5) is 0 Å². The Hall–Kier alpha value is -3.34. The van der Waals surface area contributed by atoms with Gasteiger partial charge in [0.2, 0.25) is 0 Å². The molecule has 1 aliphatic carbocycles. The summed E-state index contributed by atoms with van der Waals surface area (Å²) in [5.74, 6) is 3.01. The van der Waals surface area contributed by atoms with Gasteiger partial charge < -0.3 is 19.6 Å². The van der Waals surface area contributed by atoms with E-state index in [1.165, 1.54) is 12.8 Å². The zero-order valence-corrected chi connectivity index (χ0v) is 23.0. The second kappa shape index (κ2) is 9.69. The predicted molar refractivity (Wildman–Crippen MR) is 148 cm³/mol. The number of aliphatic hydroxyl groups is 1. The van der Waals surface area contributed by atoms with Crippen molar-refractivity contribution in [1.82, 2.24) is 25.1 Å². The molecule has 3 aromatic heterocycles. The van der Waals surface area contributed by atoms with E-state index in [1.54, 1.807) is 23.8 Å². The molecule has 2 N–H and O–H groups in total. The van der Waals surface area contributed by atoms with E-state index in [0.29, 0.717) is 23.8 Å². The maximum Gasteiger partial charge on any atom is 0.196 e. The van der Waals surface area contributed by atoms with Crippen LogP contribution in [0.1, 0.15) is 70.8 Å². The van der Waals surface area contributed by atoms with Gasteiger partial charge in [0.15, 0.2) is 11.7 Å². The Kier molecular flexibility index (Phi) is 6.13. The molecule has 1 aromatic carbocycles. The van der Waals surface area contributed by atoms with Crippen molar-refractivity contribution in [2.75, 3.05) is 13.1 Å². The highest BCUT2D eigenvalue weighted by Gasteiger charge is 2.45. The van der Waals surface area contributed by atoms with Crippen molar-refractivity contribution in [3.05, 3.63) is 75.8 Å². The molecule has 0 radical (unpaired) electrons. The third kappa shape index (κ3) is 4.31. The van der Waals surface area contributed by atoms with E-state index in [-0.39, 0.29) is 12.6 Å². The minimum absolute atomic E-state index is 0.0290. The van der Waals surface area contributed by atoms with Gasteiger partial charge in [0, 0.05) is 16.0 Å². The van der Waals surface area contributed by atoms with Crippen LogP contribution in [0.15, 0.2) is 46.1 Å². The molecule has 0 bridgehead atoms.